The standard InChI is InChI=1S/C18H36N2O/c1-8-9-19-16-15(17(4,5)21-18(16,6)7)12-20-10-13(2)14(3)11-20/h13-16,19H,8-12H2,1-7H3. The molecule has 0 amide bonds. The van der Waals surface area contributed by atoms with Crippen LogP contribution in [0.25, 0.3) is 0 Å². The fraction of sp³-hybridized carbons (Fsp3) is 1.00. The van der Waals surface area contributed by atoms with Crippen LogP contribution in [-0.2, 0) is 4.74 Å². The summed E-state index contributed by atoms with van der Waals surface area (Å²) in [5, 5.41) is 3.77. The molecule has 2 aliphatic rings. The molecule has 4 unspecified atom stereocenters. The Hall–Kier alpha value is -0.120. The Morgan fingerprint density at radius 1 is 1.05 bits per heavy atom. The van der Waals surface area contributed by atoms with Crippen molar-refractivity contribution in [2.24, 2.45) is 17.8 Å². The number of nitrogens with zero attached hydrogens (tertiary/aromatic N) is 1. The molecule has 3 heteroatoms. The highest BCUT2D eigenvalue weighted by molar-refractivity contribution is 5.06. The van der Waals surface area contributed by atoms with Crippen molar-refractivity contribution in [2.75, 3.05) is 26.2 Å². The van der Waals surface area contributed by atoms with Crippen molar-refractivity contribution in [3.63, 3.8) is 0 Å². The summed E-state index contributed by atoms with van der Waals surface area (Å²) in [5.74, 6) is 2.20. The molecular weight excluding hydrogens is 260 g/mol. The van der Waals surface area contributed by atoms with Crippen molar-refractivity contribution in [3.8, 4) is 0 Å². The summed E-state index contributed by atoms with van der Waals surface area (Å²) in [7, 11) is 0. The average Bonchev–Trinajstić information content (AvgIpc) is 2.73. The number of ether oxygens (including phenoxy) is 1. The average molecular weight is 296 g/mol. The number of hydrogen-bond acceptors (Lipinski definition) is 3. The molecule has 0 radical (unpaired) electrons. The number of likely N-dealkylation sites (tertiary alicyclic amines) is 1. The number of hydrogen-bond donors (Lipinski definition) is 1. The molecule has 2 aliphatic heterocycles. The van der Waals surface area contributed by atoms with Gasteiger partial charge in [-0.15, -0.1) is 0 Å². The van der Waals surface area contributed by atoms with Gasteiger partial charge in [-0.25, -0.2) is 0 Å². The second-order valence-corrected chi connectivity index (χ2v) is 8.52. The second-order valence-electron chi connectivity index (χ2n) is 8.52. The highest BCUT2D eigenvalue weighted by Crippen LogP contribution is 2.43. The van der Waals surface area contributed by atoms with Gasteiger partial charge in [0.2, 0.25) is 0 Å². The van der Waals surface area contributed by atoms with E-state index in [0.717, 1.165) is 24.9 Å². The molecule has 2 rings (SSSR count). The molecule has 4 atom stereocenters. The van der Waals surface area contributed by atoms with E-state index < -0.39 is 0 Å². The van der Waals surface area contributed by atoms with Gasteiger partial charge in [0.1, 0.15) is 0 Å². The third kappa shape index (κ3) is 3.62. The minimum Gasteiger partial charge on any atom is -0.368 e. The van der Waals surface area contributed by atoms with Crippen LogP contribution in [0.5, 0.6) is 0 Å². The van der Waals surface area contributed by atoms with Crippen molar-refractivity contribution in [1.82, 2.24) is 10.2 Å². The lowest BCUT2D eigenvalue weighted by Crippen LogP contribution is -2.51. The monoisotopic (exact) mass is 296 g/mol. The lowest BCUT2D eigenvalue weighted by atomic mass is 9.82. The minimum absolute atomic E-state index is 0.0516. The SMILES string of the molecule is CCCNC1C(CN2CC(C)C(C)C2)C(C)(C)OC1(C)C. The zero-order valence-electron chi connectivity index (χ0n) is 15.2. The van der Waals surface area contributed by atoms with E-state index in [2.05, 4.69) is 58.7 Å². The maximum Gasteiger partial charge on any atom is 0.0790 e. The van der Waals surface area contributed by atoms with Crippen molar-refractivity contribution in [2.45, 2.75) is 72.1 Å². The van der Waals surface area contributed by atoms with Crippen LogP contribution in [0, 0.1) is 17.8 Å². The molecular formula is C18H36N2O. The van der Waals surface area contributed by atoms with Crippen LogP contribution in [0.15, 0.2) is 0 Å². The molecule has 124 valence electrons. The Morgan fingerprint density at radius 3 is 2.14 bits per heavy atom. The highest BCUT2D eigenvalue weighted by atomic mass is 16.5. The van der Waals surface area contributed by atoms with Crippen LogP contribution in [0.2, 0.25) is 0 Å². The molecule has 21 heavy (non-hydrogen) atoms. The Kier molecular flexibility index (Phi) is 5.07. The molecule has 2 saturated heterocycles. The van der Waals surface area contributed by atoms with Gasteiger partial charge in [-0.05, 0) is 52.5 Å². The first kappa shape index (κ1) is 17.2. The largest absolute Gasteiger partial charge is 0.368 e. The number of rotatable bonds is 5. The molecule has 0 aromatic rings. The van der Waals surface area contributed by atoms with Gasteiger partial charge in [0.25, 0.3) is 0 Å². The molecule has 1 N–H and O–H groups in total. The van der Waals surface area contributed by atoms with Crippen molar-refractivity contribution < 1.29 is 4.74 Å². The van der Waals surface area contributed by atoms with Gasteiger partial charge in [0, 0.05) is 31.6 Å². The third-order valence-corrected chi connectivity index (χ3v) is 5.70. The maximum atomic E-state index is 6.43. The first-order chi connectivity index (χ1) is 9.67. The van der Waals surface area contributed by atoms with Crippen LogP contribution in [-0.4, -0.2) is 48.3 Å². The van der Waals surface area contributed by atoms with E-state index in [1.165, 1.54) is 19.5 Å². The second kappa shape index (κ2) is 6.17. The van der Waals surface area contributed by atoms with Crippen molar-refractivity contribution >= 4 is 0 Å². The van der Waals surface area contributed by atoms with E-state index in [-0.39, 0.29) is 11.2 Å². The van der Waals surface area contributed by atoms with Gasteiger partial charge in [-0.3, -0.25) is 0 Å². The Labute approximate surface area is 131 Å². The molecule has 0 saturated carbocycles. The lowest BCUT2D eigenvalue weighted by molar-refractivity contribution is -0.0793. The smallest absolute Gasteiger partial charge is 0.0790 e. The summed E-state index contributed by atoms with van der Waals surface area (Å²) in [6.07, 6.45) is 1.18. The van der Waals surface area contributed by atoms with Gasteiger partial charge in [0.05, 0.1) is 11.2 Å². The van der Waals surface area contributed by atoms with E-state index in [0.29, 0.717) is 12.0 Å². The van der Waals surface area contributed by atoms with Gasteiger partial charge in [-0.2, -0.15) is 0 Å². The number of nitrogens with one attached hydrogen (secondary N) is 1. The van der Waals surface area contributed by atoms with Crippen molar-refractivity contribution in [1.29, 1.82) is 0 Å². The van der Waals surface area contributed by atoms with E-state index >= 15 is 0 Å². The van der Waals surface area contributed by atoms with Crippen LogP contribution in [0.4, 0.5) is 0 Å². The zero-order valence-corrected chi connectivity index (χ0v) is 15.2. The predicted octanol–water partition coefficient (Wildman–Crippen LogP) is 3.15. The normalized spacial score (nSPS) is 39.0. The lowest BCUT2D eigenvalue weighted by Gasteiger charge is -2.33. The molecule has 0 aromatic carbocycles. The third-order valence-electron chi connectivity index (χ3n) is 5.70. The Bertz CT molecular complexity index is 343. The molecule has 0 spiro atoms. The summed E-state index contributed by atoms with van der Waals surface area (Å²) in [4.78, 5) is 2.66. The van der Waals surface area contributed by atoms with Crippen LogP contribution in [0.3, 0.4) is 0 Å². The van der Waals surface area contributed by atoms with E-state index in [1.807, 2.05) is 0 Å². The van der Waals surface area contributed by atoms with E-state index in [1.54, 1.807) is 0 Å². The Morgan fingerprint density at radius 2 is 1.62 bits per heavy atom. The Balaban J connectivity index is 2.09. The molecule has 0 aromatic heterocycles. The minimum atomic E-state index is -0.0830. The predicted molar refractivity (Wildman–Crippen MR) is 89.6 cm³/mol. The summed E-state index contributed by atoms with van der Waals surface area (Å²) in [6, 6.07) is 0.443. The van der Waals surface area contributed by atoms with Crippen molar-refractivity contribution in [3.05, 3.63) is 0 Å². The zero-order chi connectivity index (χ0) is 15.8. The molecule has 0 aliphatic carbocycles. The van der Waals surface area contributed by atoms with Gasteiger partial charge in [-0.1, -0.05) is 20.8 Å². The highest BCUT2D eigenvalue weighted by Gasteiger charge is 2.54. The first-order valence-electron chi connectivity index (χ1n) is 8.83. The van der Waals surface area contributed by atoms with E-state index in [4.69, 9.17) is 4.74 Å². The molecule has 3 nitrogen and oxygen atoms in total. The quantitative estimate of drug-likeness (QED) is 0.843. The molecule has 2 heterocycles. The summed E-state index contributed by atoms with van der Waals surface area (Å²) in [5.41, 5.74) is -0.135. The van der Waals surface area contributed by atoms with Crippen LogP contribution >= 0.6 is 0 Å². The van der Waals surface area contributed by atoms with Gasteiger partial charge in [0.15, 0.2) is 0 Å². The fourth-order valence-corrected chi connectivity index (χ4v) is 4.39. The van der Waals surface area contributed by atoms with Gasteiger partial charge >= 0.3 is 0 Å². The summed E-state index contributed by atoms with van der Waals surface area (Å²) in [6.45, 7) is 20.8. The summed E-state index contributed by atoms with van der Waals surface area (Å²) < 4.78 is 6.43. The summed E-state index contributed by atoms with van der Waals surface area (Å²) >= 11 is 0. The molecule has 2 fully saturated rings. The van der Waals surface area contributed by atoms with Crippen LogP contribution < -0.4 is 5.32 Å². The van der Waals surface area contributed by atoms with E-state index in [9.17, 15) is 0 Å². The molecule has 0 bridgehead atoms. The fourth-order valence-electron chi connectivity index (χ4n) is 4.39. The topological polar surface area (TPSA) is 24.5 Å². The van der Waals surface area contributed by atoms with Crippen LogP contribution in [0.1, 0.15) is 54.9 Å². The maximum absolute atomic E-state index is 6.43. The first-order valence-corrected chi connectivity index (χ1v) is 8.83. The van der Waals surface area contributed by atoms with Gasteiger partial charge < -0.3 is 15.0 Å².